The van der Waals surface area contributed by atoms with Gasteiger partial charge in [-0.3, -0.25) is 0 Å². The van der Waals surface area contributed by atoms with E-state index in [1.807, 2.05) is 12.1 Å². The number of ether oxygens (including phenoxy) is 1. The molecule has 0 bridgehead atoms. The van der Waals surface area contributed by atoms with Gasteiger partial charge in [0.25, 0.3) is 0 Å². The molecular weight excluding hydrogens is 254 g/mol. The highest BCUT2D eigenvalue weighted by atomic mass is 79.9. The lowest BCUT2D eigenvalue weighted by atomic mass is 10.1. The zero-order valence-electron chi connectivity index (χ0n) is 8.74. The molecule has 0 spiro atoms. The lowest BCUT2D eigenvalue weighted by Gasteiger charge is -2.12. The van der Waals surface area contributed by atoms with Crippen LogP contribution in [0.15, 0.2) is 24.3 Å². The second-order valence-corrected chi connectivity index (χ2v) is 4.03. The summed E-state index contributed by atoms with van der Waals surface area (Å²) in [6.07, 6.45) is 1.09. The molecule has 0 aliphatic rings. The number of rotatable bonds is 5. The fraction of sp³-hybridized carbons (Fsp3) is 0.417. The molecule has 3 heteroatoms. The Hall–Kier alpha value is -1.01. The number of benzene rings is 1. The summed E-state index contributed by atoms with van der Waals surface area (Å²) in [5.74, 6) is 1.30. The van der Waals surface area contributed by atoms with E-state index < -0.39 is 0 Å². The molecule has 15 heavy (non-hydrogen) atoms. The Morgan fingerprint density at radius 3 is 2.93 bits per heavy atom. The minimum atomic E-state index is 0.524. The molecule has 0 amide bonds. The van der Waals surface area contributed by atoms with E-state index in [1.165, 1.54) is 0 Å². The number of nitrogens with zero attached hydrogens (tertiary/aromatic N) is 1. The van der Waals surface area contributed by atoms with Gasteiger partial charge in [0.05, 0.1) is 18.2 Å². The van der Waals surface area contributed by atoms with Crippen LogP contribution in [-0.2, 0) is 0 Å². The van der Waals surface area contributed by atoms with E-state index in [0.717, 1.165) is 17.5 Å². The fourth-order valence-electron chi connectivity index (χ4n) is 1.14. The molecule has 0 fully saturated rings. The number of hydrogen-bond acceptors (Lipinski definition) is 2. The minimum absolute atomic E-state index is 0.524. The second-order valence-electron chi connectivity index (χ2n) is 3.38. The standard InChI is InChI=1S/C12H14BrNO/c1-2-10(7-13)9-15-12-5-3-4-11(6-12)8-14/h3-6,10H,2,7,9H2,1H3. The molecule has 1 unspecified atom stereocenters. The molecule has 1 atom stereocenters. The molecule has 0 heterocycles. The van der Waals surface area contributed by atoms with Crippen LogP contribution in [0.1, 0.15) is 18.9 Å². The highest BCUT2D eigenvalue weighted by Crippen LogP contribution is 2.15. The number of alkyl halides is 1. The van der Waals surface area contributed by atoms with Gasteiger partial charge in [-0.15, -0.1) is 0 Å². The summed E-state index contributed by atoms with van der Waals surface area (Å²) in [5.41, 5.74) is 0.638. The zero-order valence-corrected chi connectivity index (χ0v) is 10.3. The van der Waals surface area contributed by atoms with Crippen LogP contribution in [0.5, 0.6) is 5.75 Å². The Bertz CT molecular complexity index is 342. The van der Waals surface area contributed by atoms with E-state index in [2.05, 4.69) is 28.9 Å². The Balaban J connectivity index is 2.54. The Morgan fingerprint density at radius 1 is 1.53 bits per heavy atom. The SMILES string of the molecule is CCC(CBr)COc1cccc(C#N)c1. The molecule has 0 aromatic heterocycles. The van der Waals surface area contributed by atoms with Crippen molar-refractivity contribution >= 4 is 15.9 Å². The quantitative estimate of drug-likeness (QED) is 0.767. The Kier molecular flexibility index (Phi) is 5.20. The first-order valence-corrected chi connectivity index (χ1v) is 6.11. The normalized spacial score (nSPS) is 11.8. The summed E-state index contributed by atoms with van der Waals surface area (Å²) in [6, 6.07) is 9.34. The topological polar surface area (TPSA) is 33.0 Å². The summed E-state index contributed by atoms with van der Waals surface area (Å²) < 4.78 is 5.61. The van der Waals surface area contributed by atoms with Crippen molar-refractivity contribution in [3.8, 4) is 11.8 Å². The highest BCUT2D eigenvalue weighted by molar-refractivity contribution is 9.09. The first-order chi connectivity index (χ1) is 7.30. The molecule has 2 nitrogen and oxygen atoms in total. The van der Waals surface area contributed by atoms with Gasteiger partial charge in [-0.05, 0) is 24.6 Å². The number of halogens is 1. The maximum Gasteiger partial charge on any atom is 0.120 e. The van der Waals surface area contributed by atoms with Crippen molar-refractivity contribution in [2.75, 3.05) is 11.9 Å². The van der Waals surface area contributed by atoms with Crippen molar-refractivity contribution in [2.45, 2.75) is 13.3 Å². The lowest BCUT2D eigenvalue weighted by Crippen LogP contribution is -2.12. The predicted molar refractivity (Wildman–Crippen MR) is 64.2 cm³/mol. The van der Waals surface area contributed by atoms with Crippen LogP contribution in [0.4, 0.5) is 0 Å². The van der Waals surface area contributed by atoms with Crippen molar-refractivity contribution in [1.29, 1.82) is 5.26 Å². The van der Waals surface area contributed by atoms with Crippen molar-refractivity contribution < 1.29 is 4.74 Å². The van der Waals surface area contributed by atoms with E-state index in [9.17, 15) is 0 Å². The van der Waals surface area contributed by atoms with Gasteiger partial charge in [-0.25, -0.2) is 0 Å². The van der Waals surface area contributed by atoms with Gasteiger partial charge in [0.1, 0.15) is 5.75 Å². The summed E-state index contributed by atoms with van der Waals surface area (Å²) in [7, 11) is 0. The number of hydrogen-bond donors (Lipinski definition) is 0. The fourth-order valence-corrected chi connectivity index (χ4v) is 1.79. The van der Waals surface area contributed by atoms with Crippen molar-refractivity contribution in [1.82, 2.24) is 0 Å². The van der Waals surface area contributed by atoms with Gasteiger partial charge in [-0.2, -0.15) is 5.26 Å². The van der Waals surface area contributed by atoms with E-state index in [-0.39, 0.29) is 0 Å². The maximum atomic E-state index is 8.72. The maximum absolute atomic E-state index is 8.72. The average Bonchev–Trinajstić information content (AvgIpc) is 2.31. The largest absolute Gasteiger partial charge is 0.493 e. The van der Waals surface area contributed by atoms with Gasteiger partial charge in [-0.1, -0.05) is 28.9 Å². The van der Waals surface area contributed by atoms with E-state index >= 15 is 0 Å². The van der Waals surface area contributed by atoms with E-state index in [4.69, 9.17) is 10.00 Å². The monoisotopic (exact) mass is 267 g/mol. The van der Waals surface area contributed by atoms with Gasteiger partial charge in [0.15, 0.2) is 0 Å². The third-order valence-corrected chi connectivity index (χ3v) is 3.16. The van der Waals surface area contributed by atoms with Crippen LogP contribution in [0.3, 0.4) is 0 Å². The third kappa shape index (κ3) is 3.93. The van der Waals surface area contributed by atoms with Gasteiger partial charge >= 0.3 is 0 Å². The van der Waals surface area contributed by atoms with Crippen molar-refractivity contribution in [3.05, 3.63) is 29.8 Å². The molecular formula is C12H14BrNO. The predicted octanol–water partition coefficient (Wildman–Crippen LogP) is 3.36. The number of nitriles is 1. The van der Waals surface area contributed by atoms with Crippen LogP contribution in [0, 0.1) is 17.2 Å². The van der Waals surface area contributed by atoms with E-state index in [0.29, 0.717) is 18.1 Å². The van der Waals surface area contributed by atoms with Gasteiger partial charge in [0.2, 0.25) is 0 Å². The summed E-state index contributed by atoms with van der Waals surface area (Å²) in [4.78, 5) is 0. The molecule has 1 rings (SSSR count). The minimum Gasteiger partial charge on any atom is -0.493 e. The summed E-state index contributed by atoms with van der Waals surface area (Å²) in [5, 5.41) is 9.66. The molecule has 0 saturated heterocycles. The van der Waals surface area contributed by atoms with Crippen LogP contribution < -0.4 is 4.74 Å². The summed E-state index contributed by atoms with van der Waals surface area (Å²) in [6.45, 7) is 2.83. The third-order valence-electron chi connectivity index (χ3n) is 2.24. The van der Waals surface area contributed by atoms with Gasteiger partial charge < -0.3 is 4.74 Å². The molecule has 0 N–H and O–H groups in total. The van der Waals surface area contributed by atoms with Crippen LogP contribution in [-0.4, -0.2) is 11.9 Å². The second kappa shape index (κ2) is 6.47. The molecule has 80 valence electrons. The molecule has 1 aromatic rings. The van der Waals surface area contributed by atoms with Crippen molar-refractivity contribution in [3.63, 3.8) is 0 Å². The highest BCUT2D eigenvalue weighted by Gasteiger charge is 2.05. The Morgan fingerprint density at radius 2 is 2.33 bits per heavy atom. The molecule has 0 saturated carbocycles. The van der Waals surface area contributed by atoms with Crippen LogP contribution in [0.2, 0.25) is 0 Å². The first kappa shape index (κ1) is 12.1. The molecule has 0 aliphatic heterocycles. The van der Waals surface area contributed by atoms with Crippen LogP contribution >= 0.6 is 15.9 Å². The van der Waals surface area contributed by atoms with E-state index in [1.54, 1.807) is 12.1 Å². The average molecular weight is 268 g/mol. The lowest BCUT2D eigenvalue weighted by molar-refractivity contribution is 0.260. The van der Waals surface area contributed by atoms with Crippen LogP contribution in [0.25, 0.3) is 0 Å². The van der Waals surface area contributed by atoms with Crippen molar-refractivity contribution in [2.24, 2.45) is 5.92 Å². The Labute approximate surface area is 99.0 Å². The molecule has 1 aromatic carbocycles. The van der Waals surface area contributed by atoms with Gasteiger partial charge in [0, 0.05) is 11.2 Å². The first-order valence-electron chi connectivity index (χ1n) is 4.99. The summed E-state index contributed by atoms with van der Waals surface area (Å²) >= 11 is 3.45. The zero-order chi connectivity index (χ0) is 11.1. The smallest absolute Gasteiger partial charge is 0.120 e. The molecule has 0 aliphatic carbocycles. The molecule has 0 radical (unpaired) electrons.